The van der Waals surface area contributed by atoms with E-state index in [1.165, 1.54) is 124 Å². The third-order valence-electron chi connectivity index (χ3n) is 12.4. The summed E-state index contributed by atoms with van der Waals surface area (Å²) in [6.45, 7) is 0. The molecule has 0 aromatic heterocycles. The lowest BCUT2D eigenvalue weighted by Gasteiger charge is -2.44. The quantitative estimate of drug-likeness (QED) is 0.206. The monoisotopic (exact) mass is 608 g/mol. The molecular weight excluding hydrogens is 556 g/mol. The van der Waals surface area contributed by atoms with Crippen LogP contribution in [0.1, 0.15) is 89.9 Å². The molecular formula is C44H52N2. The molecule has 0 saturated heterocycles. The van der Waals surface area contributed by atoms with Crippen molar-refractivity contribution in [2.24, 2.45) is 23.7 Å². The molecule has 4 aromatic carbocycles. The third-order valence-corrected chi connectivity index (χ3v) is 12.4. The third kappa shape index (κ3) is 6.25. The number of nitrogens with zero attached hydrogens (tertiary/aromatic N) is 2. The number of para-hydroxylation sites is 2. The van der Waals surface area contributed by atoms with Crippen LogP contribution in [0.4, 0.5) is 22.7 Å². The van der Waals surface area contributed by atoms with Crippen molar-refractivity contribution < 1.29 is 0 Å². The van der Waals surface area contributed by atoms with Crippen molar-refractivity contribution in [3.63, 3.8) is 0 Å². The summed E-state index contributed by atoms with van der Waals surface area (Å²) >= 11 is 0. The first-order valence-electron chi connectivity index (χ1n) is 18.7. The van der Waals surface area contributed by atoms with Gasteiger partial charge in [-0.25, -0.2) is 0 Å². The summed E-state index contributed by atoms with van der Waals surface area (Å²) < 4.78 is 0. The Kier molecular flexibility index (Phi) is 8.88. The van der Waals surface area contributed by atoms with E-state index in [0.717, 1.165) is 23.7 Å². The van der Waals surface area contributed by atoms with Crippen molar-refractivity contribution in [3.8, 4) is 11.1 Å². The smallest absolute Gasteiger partial charge is 0.0413 e. The van der Waals surface area contributed by atoms with Gasteiger partial charge in [0.1, 0.15) is 0 Å². The van der Waals surface area contributed by atoms with Gasteiger partial charge in [0.15, 0.2) is 0 Å². The Bertz CT molecular complexity index is 1410. The van der Waals surface area contributed by atoms with Gasteiger partial charge in [-0.1, -0.05) is 112 Å². The zero-order valence-corrected chi connectivity index (χ0v) is 27.7. The average Bonchev–Trinajstić information content (AvgIpc) is 3.13. The minimum Gasteiger partial charge on any atom is -0.338 e. The molecule has 0 N–H and O–H groups in total. The van der Waals surface area contributed by atoms with E-state index < -0.39 is 0 Å². The Labute approximate surface area is 277 Å². The van der Waals surface area contributed by atoms with Crippen LogP contribution in [0.15, 0.2) is 109 Å². The van der Waals surface area contributed by atoms with Crippen molar-refractivity contribution >= 4 is 22.7 Å². The molecule has 0 heterocycles. The second-order valence-corrected chi connectivity index (χ2v) is 15.0. The summed E-state index contributed by atoms with van der Waals surface area (Å²) in [5.74, 6) is 3.75. The lowest BCUT2D eigenvalue weighted by molar-refractivity contribution is 0.156. The number of rotatable bonds is 7. The summed E-state index contributed by atoms with van der Waals surface area (Å²) in [6.07, 6.45) is 19.6. The predicted molar refractivity (Wildman–Crippen MR) is 195 cm³/mol. The van der Waals surface area contributed by atoms with Crippen LogP contribution in [0.25, 0.3) is 11.1 Å². The molecule has 4 aliphatic carbocycles. The molecule has 0 aliphatic heterocycles. The number of anilines is 4. The molecule has 0 radical (unpaired) electrons. The Balaban J connectivity index is 1.03. The second-order valence-electron chi connectivity index (χ2n) is 15.0. The highest BCUT2D eigenvalue weighted by atomic mass is 15.2. The van der Waals surface area contributed by atoms with Crippen LogP contribution < -0.4 is 9.80 Å². The Morgan fingerprint density at radius 2 is 0.674 bits per heavy atom. The number of hydrogen-bond donors (Lipinski definition) is 0. The van der Waals surface area contributed by atoms with E-state index in [2.05, 4.69) is 119 Å². The fraction of sp³-hybridized carbons (Fsp3) is 0.455. The van der Waals surface area contributed by atoms with Gasteiger partial charge in [-0.2, -0.15) is 0 Å². The van der Waals surface area contributed by atoms with E-state index >= 15 is 0 Å². The van der Waals surface area contributed by atoms with Crippen molar-refractivity contribution in [1.82, 2.24) is 0 Å². The SMILES string of the molecule is c1ccc(N(c2ccc(-c3ccc(N(c4ccccc4)C4CCC5CCCCC5C4)cc3)cc2)C2CCC3CCCCC3C2)cc1. The molecule has 0 spiro atoms. The van der Waals surface area contributed by atoms with Gasteiger partial charge in [0.25, 0.3) is 0 Å². The lowest BCUT2D eigenvalue weighted by Crippen LogP contribution is -2.39. The van der Waals surface area contributed by atoms with E-state index in [-0.39, 0.29) is 0 Å². The molecule has 2 nitrogen and oxygen atoms in total. The lowest BCUT2D eigenvalue weighted by atomic mass is 9.69. The molecule has 46 heavy (non-hydrogen) atoms. The van der Waals surface area contributed by atoms with Gasteiger partial charge in [-0.15, -0.1) is 0 Å². The highest BCUT2D eigenvalue weighted by Crippen LogP contribution is 2.46. The summed E-state index contributed by atoms with van der Waals surface area (Å²) in [7, 11) is 0. The summed E-state index contributed by atoms with van der Waals surface area (Å²) in [5, 5.41) is 0. The molecule has 4 fully saturated rings. The maximum atomic E-state index is 2.66. The van der Waals surface area contributed by atoms with Crippen molar-refractivity contribution in [2.45, 2.75) is 102 Å². The second kappa shape index (κ2) is 13.7. The largest absolute Gasteiger partial charge is 0.338 e. The topological polar surface area (TPSA) is 6.48 Å². The number of benzene rings is 4. The van der Waals surface area contributed by atoms with E-state index in [1.807, 2.05) is 0 Å². The molecule has 4 aliphatic rings. The van der Waals surface area contributed by atoms with Gasteiger partial charge >= 0.3 is 0 Å². The van der Waals surface area contributed by atoms with Crippen LogP contribution in [0.3, 0.4) is 0 Å². The van der Waals surface area contributed by atoms with Crippen molar-refractivity contribution in [2.75, 3.05) is 9.80 Å². The zero-order chi connectivity index (χ0) is 30.7. The summed E-state index contributed by atoms with van der Waals surface area (Å²) in [4.78, 5) is 5.33. The van der Waals surface area contributed by atoms with Crippen LogP contribution in [0.5, 0.6) is 0 Å². The molecule has 0 bridgehead atoms. The molecule has 238 valence electrons. The normalized spacial score (nSPS) is 27.7. The first-order valence-corrected chi connectivity index (χ1v) is 18.7. The van der Waals surface area contributed by atoms with Crippen LogP contribution >= 0.6 is 0 Å². The van der Waals surface area contributed by atoms with Crippen molar-refractivity contribution in [1.29, 1.82) is 0 Å². The molecule has 4 saturated carbocycles. The highest BCUT2D eigenvalue weighted by Gasteiger charge is 2.36. The summed E-state index contributed by atoms with van der Waals surface area (Å²) in [6, 6.07) is 42.4. The van der Waals surface area contributed by atoms with Gasteiger partial charge in [-0.05, 0) is 122 Å². The standard InChI is InChI=1S/C44H52N2/c1-3-15-39(16-4-1)45(43-29-23-33-11-7-9-13-37(33)31-43)41-25-19-35(20-26-41)36-21-27-42(28-22-36)46(40-17-5-2-6-18-40)44-30-24-34-12-8-10-14-38(34)32-44/h1-6,15-22,25-28,33-34,37-38,43-44H,7-14,23-24,29-32H2. The highest BCUT2D eigenvalue weighted by molar-refractivity contribution is 5.73. The van der Waals surface area contributed by atoms with E-state index in [1.54, 1.807) is 0 Å². The zero-order valence-electron chi connectivity index (χ0n) is 27.7. The molecule has 6 atom stereocenters. The van der Waals surface area contributed by atoms with Gasteiger partial charge < -0.3 is 9.80 Å². The van der Waals surface area contributed by atoms with E-state index in [0.29, 0.717) is 12.1 Å². The Morgan fingerprint density at radius 3 is 1.07 bits per heavy atom. The van der Waals surface area contributed by atoms with Gasteiger partial charge in [0.05, 0.1) is 0 Å². The minimum absolute atomic E-state index is 0.583. The number of hydrogen-bond acceptors (Lipinski definition) is 2. The molecule has 8 rings (SSSR count). The fourth-order valence-corrected chi connectivity index (χ4v) is 10.1. The summed E-state index contributed by atoms with van der Waals surface area (Å²) in [5.41, 5.74) is 7.93. The molecule has 4 aromatic rings. The molecule has 2 heteroatoms. The maximum absolute atomic E-state index is 2.66. The first kappa shape index (κ1) is 29.9. The molecule has 0 amide bonds. The van der Waals surface area contributed by atoms with Crippen LogP contribution in [0.2, 0.25) is 0 Å². The van der Waals surface area contributed by atoms with Gasteiger partial charge in [0, 0.05) is 34.8 Å². The predicted octanol–water partition coefficient (Wildman–Crippen LogP) is 12.3. The van der Waals surface area contributed by atoms with Crippen LogP contribution in [-0.2, 0) is 0 Å². The average molecular weight is 609 g/mol. The fourth-order valence-electron chi connectivity index (χ4n) is 10.1. The Hall–Kier alpha value is -3.52. The Morgan fingerprint density at radius 1 is 0.326 bits per heavy atom. The maximum Gasteiger partial charge on any atom is 0.0413 e. The van der Waals surface area contributed by atoms with Crippen LogP contribution in [-0.4, -0.2) is 12.1 Å². The minimum atomic E-state index is 0.583. The number of fused-ring (bicyclic) bond motifs is 2. The molecule has 6 unspecified atom stereocenters. The van der Waals surface area contributed by atoms with Crippen LogP contribution in [0, 0.1) is 23.7 Å². The van der Waals surface area contributed by atoms with Gasteiger partial charge in [-0.3, -0.25) is 0 Å². The van der Waals surface area contributed by atoms with Gasteiger partial charge in [0.2, 0.25) is 0 Å². The first-order chi connectivity index (χ1) is 22.8. The van der Waals surface area contributed by atoms with Crippen molar-refractivity contribution in [3.05, 3.63) is 109 Å². The van der Waals surface area contributed by atoms with E-state index in [4.69, 9.17) is 0 Å². The van der Waals surface area contributed by atoms with E-state index in [9.17, 15) is 0 Å².